The first-order valence-electron chi connectivity index (χ1n) is 6.74. The zero-order chi connectivity index (χ0) is 14.7. The summed E-state index contributed by atoms with van der Waals surface area (Å²) in [4.78, 5) is 11.9. The Morgan fingerprint density at radius 3 is 2.67 bits per heavy atom. The number of nitrogens with one attached hydrogen (secondary N) is 2. The molecule has 2 N–H and O–H groups in total. The Kier molecular flexibility index (Phi) is 3.64. The fraction of sp³-hybridized carbons (Fsp3) is 0.188. The summed E-state index contributed by atoms with van der Waals surface area (Å²) in [5.74, 6) is 1.28. The van der Waals surface area contributed by atoms with Gasteiger partial charge in [0.15, 0.2) is 0 Å². The molecule has 0 bridgehead atoms. The van der Waals surface area contributed by atoms with Crippen molar-refractivity contribution in [2.24, 2.45) is 0 Å². The molecule has 108 valence electrons. The molecule has 0 unspecified atom stereocenters. The Morgan fingerprint density at radius 1 is 1.14 bits per heavy atom. The summed E-state index contributed by atoms with van der Waals surface area (Å²) in [5.41, 5.74) is 2.94. The van der Waals surface area contributed by atoms with E-state index in [2.05, 4.69) is 10.6 Å². The molecule has 2 aromatic rings. The van der Waals surface area contributed by atoms with Crippen molar-refractivity contribution < 1.29 is 14.3 Å². The molecule has 0 saturated carbocycles. The summed E-state index contributed by atoms with van der Waals surface area (Å²) in [6.45, 7) is 0.927. The fourth-order valence-electron chi connectivity index (χ4n) is 2.27. The zero-order valence-electron chi connectivity index (χ0n) is 11.7. The van der Waals surface area contributed by atoms with Gasteiger partial charge in [-0.05, 0) is 54.4 Å². The molecule has 0 atom stereocenters. The quantitative estimate of drug-likeness (QED) is 0.908. The van der Waals surface area contributed by atoms with Crippen molar-refractivity contribution in [3.8, 4) is 11.5 Å². The van der Waals surface area contributed by atoms with Crippen LogP contribution < -0.4 is 20.1 Å². The predicted molar refractivity (Wildman–Crippen MR) is 81.3 cm³/mol. The number of benzene rings is 2. The molecule has 21 heavy (non-hydrogen) atoms. The summed E-state index contributed by atoms with van der Waals surface area (Å²) in [7, 11) is 1.60. The van der Waals surface area contributed by atoms with Crippen LogP contribution in [0.5, 0.6) is 11.5 Å². The number of fused-ring (bicyclic) bond motifs is 1. The van der Waals surface area contributed by atoms with Gasteiger partial charge in [0.25, 0.3) is 0 Å². The van der Waals surface area contributed by atoms with Crippen LogP contribution in [0.1, 0.15) is 5.56 Å². The number of rotatable bonds is 3. The molecule has 3 rings (SSSR count). The lowest BCUT2D eigenvalue weighted by Gasteiger charge is -2.08. The highest BCUT2D eigenvalue weighted by molar-refractivity contribution is 5.86. The Labute approximate surface area is 122 Å². The monoisotopic (exact) mass is 284 g/mol. The van der Waals surface area contributed by atoms with Crippen molar-refractivity contribution in [2.45, 2.75) is 6.42 Å². The summed E-state index contributed by atoms with van der Waals surface area (Å²) in [5, 5.41) is 5.94. The molecular weight excluding hydrogens is 268 g/mol. The third kappa shape index (κ3) is 3.08. The van der Waals surface area contributed by atoms with E-state index < -0.39 is 6.09 Å². The summed E-state index contributed by atoms with van der Waals surface area (Å²) in [6, 6.07) is 12.7. The van der Waals surface area contributed by atoms with E-state index in [1.807, 2.05) is 12.1 Å². The highest BCUT2D eigenvalue weighted by atomic mass is 16.6. The number of hydrogen-bond acceptors (Lipinski definition) is 4. The van der Waals surface area contributed by atoms with Crippen molar-refractivity contribution in [3.05, 3.63) is 48.0 Å². The largest absolute Gasteiger partial charge is 0.497 e. The number of methoxy groups -OCH3 is 1. The van der Waals surface area contributed by atoms with Crippen LogP contribution in [0.3, 0.4) is 0 Å². The van der Waals surface area contributed by atoms with E-state index in [9.17, 15) is 4.79 Å². The van der Waals surface area contributed by atoms with Crippen LogP contribution in [0, 0.1) is 0 Å². The van der Waals surface area contributed by atoms with E-state index in [4.69, 9.17) is 9.47 Å². The van der Waals surface area contributed by atoms with E-state index in [1.165, 1.54) is 5.56 Å². The highest BCUT2D eigenvalue weighted by Gasteiger charge is 2.12. The molecule has 5 heteroatoms. The lowest BCUT2D eigenvalue weighted by atomic mass is 10.1. The lowest BCUT2D eigenvalue weighted by Crippen LogP contribution is -2.16. The summed E-state index contributed by atoms with van der Waals surface area (Å²) >= 11 is 0. The molecule has 1 amide bonds. The maximum absolute atomic E-state index is 11.9. The first-order valence-corrected chi connectivity index (χ1v) is 6.74. The first-order chi connectivity index (χ1) is 10.2. The van der Waals surface area contributed by atoms with Crippen LogP contribution in [0.2, 0.25) is 0 Å². The number of anilines is 2. The molecule has 0 aliphatic carbocycles. The predicted octanol–water partition coefficient (Wildman–Crippen LogP) is 3.27. The number of amides is 1. The fourth-order valence-corrected chi connectivity index (χ4v) is 2.27. The number of ether oxygens (including phenoxy) is 2. The first kappa shape index (κ1) is 13.3. The van der Waals surface area contributed by atoms with Gasteiger partial charge in [-0.1, -0.05) is 0 Å². The van der Waals surface area contributed by atoms with Gasteiger partial charge in [-0.3, -0.25) is 5.32 Å². The number of carbonyl (C=O) groups is 1. The molecule has 5 nitrogen and oxygen atoms in total. The molecule has 0 aromatic heterocycles. The third-order valence-electron chi connectivity index (χ3n) is 3.33. The Balaban J connectivity index is 1.63. The van der Waals surface area contributed by atoms with Gasteiger partial charge in [-0.2, -0.15) is 0 Å². The number of hydrogen-bond donors (Lipinski definition) is 2. The van der Waals surface area contributed by atoms with E-state index in [-0.39, 0.29) is 0 Å². The van der Waals surface area contributed by atoms with Gasteiger partial charge >= 0.3 is 6.09 Å². The van der Waals surface area contributed by atoms with E-state index in [0.717, 1.165) is 24.4 Å². The average molecular weight is 284 g/mol. The molecule has 2 aromatic carbocycles. The van der Waals surface area contributed by atoms with E-state index >= 15 is 0 Å². The summed E-state index contributed by atoms with van der Waals surface area (Å²) in [6.07, 6.45) is 0.443. The van der Waals surface area contributed by atoms with Crippen molar-refractivity contribution in [3.63, 3.8) is 0 Å². The second-order valence-corrected chi connectivity index (χ2v) is 4.74. The molecular formula is C16H16N2O3. The van der Waals surface area contributed by atoms with Crippen LogP contribution in [0.15, 0.2) is 42.5 Å². The second-order valence-electron chi connectivity index (χ2n) is 4.74. The maximum atomic E-state index is 11.9. The van der Waals surface area contributed by atoms with Crippen LogP contribution in [0.25, 0.3) is 0 Å². The maximum Gasteiger partial charge on any atom is 0.417 e. The van der Waals surface area contributed by atoms with Gasteiger partial charge in [-0.25, -0.2) is 4.79 Å². The van der Waals surface area contributed by atoms with Gasteiger partial charge in [0.05, 0.1) is 7.11 Å². The minimum atomic E-state index is -0.508. The molecule has 0 radical (unpaired) electrons. The standard InChI is InChI=1S/C16H16N2O3/c1-20-13-4-2-12(3-5-13)18-16(19)21-14-6-7-15-11(10-14)8-9-17-15/h2-7,10,17H,8-9H2,1H3,(H,18,19). The second kappa shape index (κ2) is 5.75. The Morgan fingerprint density at radius 2 is 1.90 bits per heavy atom. The Hall–Kier alpha value is -2.69. The van der Waals surface area contributed by atoms with Crippen molar-refractivity contribution >= 4 is 17.5 Å². The normalized spacial score (nSPS) is 12.2. The van der Waals surface area contributed by atoms with Gasteiger partial charge < -0.3 is 14.8 Å². The molecule has 1 heterocycles. The van der Waals surface area contributed by atoms with Gasteiger partial charge in [0.2, 0.25) is 0 Å². The topological polar surface area (TPSA) is 59.6 Å². The van der Waals surface area contributed by atoms with E-state index in [0.29, 0.717) is 11.4 Å². The van der Waals surface area contributed by atoms with Gasteiger partial charge in [0.1, 0.15) is 11.5 Å². The SMILES string of the molecule is COc1ccc(NC(=O)Oc2ccc3c(c2)CCN3)cc1. The van der Waals surface area contributed by atoms with Crippen LogP contribution in [-0.4, -0.2) is 19.7 Å². The van der Waals surface area contributed by atoms with Crippen LogP contribution in [-0.2, 0) is 6.42 Å². The molecule has 0 spiro atoms. The van der Waals surface area contributed by atoms with Crippen LogP contribution >= 0.6 is 0 Å². The molecule has 0 fully saturated rings. The van der Waals surface area contributed by atoms with Crippen molar-refractivity contribution in [2.75, 3.05) is 24.3 Å². The highest BCUT2D eigenvalue weighted by Crippen LogP contribution is 2.26. The Bertz CT molecular complexity index is 653. The molecule has 1 aliphatic heterocycles. The average Bonchev–Trinajstić information content (AvgIpc) is 2.95. The van der Waals surface area contributed by atoms with E-state index in [1.54, 1.807) is 37.4 Å². The zero-order valence-corrected chi connectivity index (χ0v) is 11.7. The van der Waals surface area contributed by atoms with Crippen LogP contribution in [0.4, 0.5) is 16.2 Å². The molecule has 1 aliphatic rings. The van der Waals surface area contributed by atoms with Crippen molar-refractivity contribution in [1.29, 1.82) is 0 Å². The molecule has 0 saturated heterocycles. The minimum absolute atomic E-state index is 0.508. The summed E-state index contributed by atoms with van der Waals surface area (Å²) < 4.78 is 10.4. The lowest BCUT2D eigenvalue weighted by molar-refractivity contribution is 0.215. The smallest absolute Gasteiger partial charge is 0.417 e. The minimum Gasteiger partial charge on any atom is -0.497 e. The van der Waals surface area contributed by atoms with Crippen molar-refractivity contribution in [1.82, 2.24) is 0 Å². The van der Waals surface area contributed by atoms with Gasteiger partial charge in [0, 0.05) is 17.9 Å². The number of carbonyl (C=O) groups excluding carboxylic acids is 1. The van der Waals surface area contributed by atoms with Gasteiger partial charge in [-0.15, -0.1) is 0 Å². The third-order valence-corrected chi connectivity index (χ3v) is 3.33.